The van der Waals surface area contributed by atoms with E-state index >= 15 is 0 Å². The standard InChI is InChI=1S/C16H22N2O/c1-10-4-6-16(17,7-5-10)15-18-13-9-11(2)8-12(3)14(13)19-15/h8-10H,4-7,17H2,1-3H3. The summed E-state index contributed by atoms with van der Waals surface area (Å²) in [5, 5.41) is 0. The molecule has 0 unspecified atom stereocenters. The number of oxazole rings is 1. The van der Waals surface area contributed by atoms with Crippen molar-refractivity contribution < 1.29 is 4.42 Å². The fourth-order valence-corrected chi connectivity index (χ4v) is 3.08. The quantitative estimate of drug-likeness (QED) is 0.846. The zero-order chi connectivity index (χ0) is 13.6. The first-order valence-corrected chi connectivity index (χ1v) is 7.15. The molecule has 1 fully saturated rings. The molecule has 19 heavy (non-hydrogen) atoms. The molecule has 0 amide bonds. The van der Waals surface area contributed by atoms with Crippen molar-refractivity contribution in [1.29, 1.82) is 0 Å². The highest BCUT2D eigenvalue weighted by atomic mass is 16.4. The lowest BCUT2D eigenvalue weighted by atomic mass is 9.78. The molecule has 3 rings (SSSR count). The molecule has 1 aliphatic carbocycles. The zero-order valence-corrected chi connectivity index (χ0v) is 12.0. The average molecular weight is 258 g/mol. The number of rotatable bonds is 1. The summed E-state index contributed by atoms with van der Waals surface area (Å²) in [6.45, 7) is 6.44. The normalized spacial score (nSPS) is 27.9. The molecular formula is C16H22N2O. The molecule has 0 atom stereocenters. The van der Waals surface area contributed by atoms with Gasteiger partial charge in [0, 0.05) is 0 Å². The fourth-order valence-electron chi connectivity index (χ4n) is 3.08. The van der Waals surface area contributed by atoms with Gasteiger partial charge in [-0.15, -0.1) is 0 Å². The van der Waals surface area contributed by atoms with Crippen LogP contribution in [0.5, 0.6) is 0 Å². The Balaban J connectivity index is 2.04. The van der Waals surface area contributed by atoms with Crippen molar-refractivity contribution in [2.75, 3.05) is 0 Å². The first kappa shape index (κ1) is 12.7. The highest BCUT2D eigenvalue weighted by molar-refractivity contribution is 5.77. The van der Waals surface area contributed by atoms with E-state index in [1.165, 1.54) is 5.56 Å². The van der Waals surface area contributed by atoms with E-state index in [1.54, 1.807) is 0 Å². The van der Waals surface area contributed by atoms with Crippen LogP contribution in [0.4, 0.5) is 0 Å². The van der Waals surface area contributed by atoms with Gasteiger partial charge < -0.3 is 10.2 Å². The lowest BCUT2D eigenvalue weighted by Gasteiger charge is -2.33. The van der Waals surface area contributed by atoms with E-state index in [0.29, 0.717) is 0 Å². The summed E-state index contributed by atoms with van der Waals surface area (Å²) >= 11 is 0. The lowest BCUT2D eigenvalue weighted by molar-refractivity contribution is 0.209. The Kier molecular flexibility index (Phi) is 2.90. The van der Waals surface area contributed by atoms with Crippen molar-refractivity contribution in [3.05, 3.63) is 29.2 Å². The van der Waals surface area contributed by atoms with Crippen LogP contribution in [0.15, 0.2) is 16.5 Å². The van der Waals surface area contributed by atoms with Gasteiger partial charge in [-0.1, -0.05) is 13.0 Å². The molecule has 3 heteroatoms. The van der Waals surface area contributed by atoms with Crippen LogP contribution in [-0.2, 0) is 5.54 Å². The number of hydrogen-bond acceptors (Lipinski definition) is 3. The van der Waals surface area contributed by atoms with Gasteiger partial charge in [-0.2, -0.15) is 0 Å². The first-order valence-electron chi connectivity index (χ1n) is 7.15. The van der Waals surface area contributed by atoms with E-state index in [2.05, 4.69) is 37.9 Å². The number of nitrogens with zero attached hydrogens (tertiary/aromatic N) is 1. The maximum Gasteiger partial charge on any atom is 0.215 e. The van der Waals surface area contributed by atoms with Crippen molar-refractivity contribution in [1.82, 2.24) is 4.98 Å². The van der Waals surface area contributed by atoms with Gasteiger partial charge in [0.15, 0.2) is 5.58 Å². The van der Waals surface area contributed by atoms with Crippen molar-refractivity contribution in [3.63, 3.8) is 0 Å². The lowest BCUT2D eigenvalue weighted by Crippen LogP contribution is -2.40. The van der Waals surface area contributed by atoms with Gasteiger partial charge in [-0.3, -0.25) is 0 Å². The smallest absolute Gasteiger partial charge is 0.215 e. The molecule has 102 valence electrons. The SMILES string of the molecule is Cc1cc(C)c2oc(C3(N)CCC(C)CC3)nc2c1. The van der Waals surface area contributed by atoms with Crippen LogP contribution in [0.2, 0.25) is 0 Å². The summed E-state index contributed by atoms with van der Waals surface area (Å²) < 4.78 is 6.00. The van der Waals surface area contributed by atoms with Crippen LogP contribution in [0.3, 0.4) is 0 Å². The van der Waals surface area contributed by atoms with E-state index in [9.17, 15) is 0 Å². The maximum absolute atomic E-state index is 6.54. The fraction of sp³-hybridized carbons (Fsp3) is 0.562. The van der Waals surface area contributed by atoms with Crippen LogP contribution in [-0.4, -0.2) is 4.98 Å². The molecule has 2 aromatic rings. The zero-order valence-electron chi connectivity index (χ0n) is 12.0. The number of fused-ring (bicyclic) bond motifs is 1. The third kappa shape index (κ3) is 2.16. The predicted octanol–water partition coefficient (Wildman–Crippen LogP) is 3.81. The van der Waals surface area contributed by atoms with Gasteiger partial charge in [-0.05, 0) is 62.6 Å². The minimum atomic E-state index is -0.369. The van der Waals surface area contributed by atoms with Crippen LogP contribution in [0, 0.1) is 19.8 Å². The Morgan fingerprint density at radius 2 is 1.95 bits per heavy atom. The Morgan fingerprint density at radius 3 is 2.63 bits per heavy atom. The average Bonchev–Trinajstić information content (AvgIpc) is 2.78. The third-order valence-corrected chi connectivity index (χ3v) is 4.41. The van der Waals surface area contributed by atoms with Gasteiger partial charge in [0.25, 0.3) is 0 Å². The highest BCUT2D eigenvalue weighted by Crippen LogP contribution is 2.38. The molecule has 2 N–H and O–H groups in total. The minimum Gasteiger partial charge on any atom is -0.438 e. The van der Waals surface area contributed by atoms with E-state index in [0.717, 1.165) is 54.2 Å². The molecule has 1 saturated carbocycles. The van der Waals surface area contributed by atoms with Crippen LogP contribution >= 0.6 is 0 Å². The number of nitrogens with two attached hydrogens (primary N) is 1. The topological polar surface area (TPSA) is 52.0 Å². The summed E-state index contributed by atoms with van der Waals surface area (Å²) in [4.78, 5) is 4.66. The predicted molar refractivity (Wildman–Crippen MR) is 77.0 cm³/mol. The molecule has 1 aliphatic rings. The van der Waals surface area contributed by atoms with E-state index in [-0.39, 0.29) is 5.54 Å². The largest absolute Gasteiger partial charge is 0.438 e. The third-order valence-electron chi connectivity index (χ3n) is 4.41. The highest BCUT2D eigenvalue weighted by Gasteiger charge is 2.36. The molecule has 0 saturated heterocycles. The number of hydrogen-bond donors (Lipinski definition) is 1. The Morgan fingerprint density at radius 1 is 1.26 bits per heavy atom. The molecular weight excluding hydrogens is 236 g/mol. The molecule has 3 nitrogen and oxygen atoms in total. The summed E-state index contributed by atoms with van der Waals surface area (Å²) in [6, 6.07) is 4.20. The Labute approximate surface area is 114 Å². The minimum absolute atomic E-state index is 0.369. The monoisotopic (exact) mass is 258 g/mol. The second-order valence-electron chi connectivity index (χ2n) is 6.29. The first-order chi connectivity index (χ1) is 8.98. The molecule has 0 bridgehead atoms. The van der Waals surface area contributed by atoms with Gasteiger partial charge in [-0.25, -0.2) is 4.98 Å². The second-order valence-corrected chi connectivity index (χ2v) is 6.29. The maximum atomic E-state index is 6.54. The summed E-state index contributed by atoms with van der Waals surface area (Å²) in [7, 11) is 0. The van der Waals surface area contributed by atoms with E-state index < -0.39 is 0 Å². The summed E-state index contributed by atoms with van der Waals surface area (Å²) in [6.07, 6.45) is 4.26. The molecule has 0 aliphatic heterocycles. The van der Waals surface area contributed by atoms with E-state index in [4.69, 9.17) is 10.2 Å². The van der Waals surface area contributed by atoms with Crippen molar-refractivity contribution in [2.24, 2.45) is 11.7 Å². The summed E-state index contributed by atoms with van der Waals surface area (Å²) in [5.41, 5.74) is 10.4. The van der Waals surface area contributed by atoms with Gasteiger partial charge in [0.2, 0.25) is 5.89 Å². The molecule has 0 spiro atoms. The van der Waals surface area contributed by atoms with Crippen LogP contribution in [0.1, 0.15) is 49.6 Å². The molecule has 1 heterocycles. The van der Waals surface area contributed by atoms with Gasteiger partial charge in [0.05, 0.1) is 5.54 Å². The van der Waals surface area contributed by atoms with Crippen LogP contribution < -0.4 is 5.73 Å². The Bertz CT molecular complexity index is 606. The number of aromatic nitrogens is 1. The Hall–Kier alpha value is -1.35. The number of aryl methyl sites for hydroxylation is 2. The molecule has 1 aromatic carbocycles. The summed E-state index contributed by atoms with van der Waals surface area (Å²) in [5.74, 6) is 1.49. The van der Waals surface area contributed by atoms with Crippen molar-refractivity contribution in [3.8, 4) is 0 Å². The van der Waals surface area contributed by atoms with Crippen LogP contribution in [0.25, 0.3) is 11.1 Å². The van der Waals surface area contributed by atoms with Gasteiger partial charge in [0.1, 0.15) is 5.52 Å². The molecule has 1 aromatic heterocycles. The van der Waals surface area contributed by atoms with Gasteiger partial charge >= 0.3 is 0 Å². The number of benzene rings is 1. The van der Waals surface area contributed by atoms with E-state index in [1.807, 2.05) is 0 Å². The molecule has 0 radical (unpaired) electrons. The van der Waals surface area contributed by atoms with Crippen molar-refractivity contribution in [2.45, 2.75) is 52.0 Å². The second kappa shape index (κ2) is 4.34. The van der Waals surface area contributed by atoms with Crippen molar-refractivity contribution >= 4 is 11.1 Å².